The van der Waals surface area contributed by atoms with E-state index in [1.54, 1.807) is 0 Å². The average molecular weight is 343 g/mol. The van der Waals surface area contributed by atoms with Crippen molar-refractivity contribution in [3.05, 3.63) is 64.2 Å². The first kappa shape index (κ1) is 15.9. The molecule has 4 rings (SSSR count). The second kappa shape index (κ2) is 6.75. The van der Waals surface area contributed by atoms with Crippen LogP contribution >= 0.6 is 11.6 Å². The van der Waals surface area contributed by atoms with Gasteiger partial charge in [-0.25, -0.2) is 0 Å². The molecule has 2 aliphatic rings. The summed E-state index contributed by atoms with van der Waals surface area (Å²) in [6.07, 6.45) is 2.83. The van der Waals surface area contributed by atoms with Crippen molar-refractivity contribution >= 4 is 17.3 Å². The Morgan fingerprint density at radius 3 is 2.71 bits per heavy atom. The molecular weight excluding hydrogens is 320 g/mol. The Hall–Kier alpha value is -1.55. The normalized spacial score (nSPS) is 22.8. The highest BCUT2D eigenvalue weighted by atomic mass is 35.5. The van der Waals surface area contributed by atoms with Crippen molar-refractivity contribution in [1.82, 2.24) is 5.32 Å². The predicted octanol–water partition coefficient (Wildman–Crippen LogP) is 3.69. The molecule has 2 N–H and O–H groups in total. The summed E-state index contributed by atoms with van der Waals surface area (Å²) in [4.78, 5) is 2.42. The zero-order valence-electron chi connectivity index (χ0n) is 13.7. The molecule has 2 aromatic rings. The van der Waals surface area contributed by atoms with Crippen molar-refractivity contribution in [3.8, 4) is 0 Å². The van der Waals surface area contributed by atoms with E-state index in [9.17, 15) is 5.11 Å². The van der Waals surface area contributed by atoms with Gasteiger partial charge in [0, 0.05) is 42.3 Å². The predicted molar refractivity (Wildman–Crippen MR) is 98.6 cm³/mol. The first-order chi connectivity index (χ1) is 11.7. The third kappa shape index (κ3) is 2.92. The van der Waals surface area contributed by atoms with Crippen LogP contribution in [0.4, 0.5) is 5.69 Å². The maximum absolute atomic E-state index is 10.4. The summed E-state index contributed by atoms with van der Waals surface area (Å²) in [5.41, 5.74) is 4.81. The van der Waals surface area contributed by atoms with Gasteiger partial charge in [-0.15, -0.1) is 0 Å². The van der Waals surface area contributed by atoms with Crippen molar-refractivity contribution in [3.63, 3.8) is 0 Å². The molecule has 4 heteroatoms. The minimum absolute atomic E-state index is 0.0242. The molecule has 1 saturated heterocycles. The second-order valence-corrected chi connectivity index (χ2v) is 7.17. The highest BCUT2D eigenvalue weighted by molar-refractivity contribution is 6.31. The van der Waals surface area contributed by atoms with Crippen LogP contribution in [0, 0.1) is 0 Å². The fourth-order valence-corrected chi connectivity index (χ4v) is 4.24. The molecule has 0 unspecified atom stereocenters. The molecule has 0 aromatic heterocycles. The van der Waals surface area contributed by atoms with Gasteiger partial charge in [0.25, 0.3) is 0 Å². The molecule has 0 radical (unpaired) electrons. The lowest BCUT2D eigenvalue weighted by Gasteiger charge is -2.24. The lowest BCUT2D eigenvalue weighted by molar-refractivity contribution is 0.140. The zero-order valence-corrected chi connectivity index (χ0v) is 14.5. The second-order valence-electron chi connectivity index (χ2n) is 6.76. The molecule has 1 aliphatic heterocycles. The molecule has 24 heavy (non-hydrogen) atoms. The van der Waals surface area contributed by atoms with Gasteiger partial charge >= 0.3 is 0 Å². The van der Waals surface area contributed by atoms with Crippen molar-refractivity contribution in [2.24, 2.45) is 0 Å². The third-order valence-electron chi connectivity index (χ3n) is 5.24. The van der Waals surface area contributed by atoms with Gasteiger partial charge in [0.15, 0.2) is 0 Å². The molecule has 1 fully saturated rings. The Kier molecular flexibility index (Phi) is 4.49. The van der Waals surface area contributed by atoms with Gasteiger partial charge in [-0.3, -0.25) is 0 Å². The maximum Gasteiger partial charge on any atom is 0.0775 e. The fourth-order valence-electron chi connectivity index (χ4n) is 4.01. The quantitative estimate of drug-likeness (QED) is 0.889. The Balaban J connectivity index is 1.56. The largest absolute Gasteiger partial charge is 0.391 e. The number of nitrogens with zero attached hydrogens (tertiary/aromatic N) is 1. The van der Waals surface area contributed by atoms with Gasteiger partial charge in [0.05, 0.1) is 12.1 Å². The van der Waals surface area contributed by atoms with E-state index >= 15 is 0 Å². The summed E-state index contributed by atoms with van der Waals surface area (Å²) in [7, 11) is 0. The number of hydrogen-bond donors (Lipinski definition) is 2. The standard InChI is InChI=1S/C20H23ClN2O/c21-17-8-5-9-18(23-10-3-4-11-23)16(17)13-22-20-15-7-2-1-6-14(15)12-19(20)24/h1-2,5-9,19-20,22,24H,3-4,10-13H2/t19-,20+/m0/s1. The van der Waals surface area contributed by atoms with Crippen LogP contribution in [-0.4, -0.2) is 24.3 Å². The molecule has 0 spiro atoms. The van der Waals surface area contributed by atoms with Crippen molar-refractivity contribution in [2.45, 2.75) is 38.0 Å². The van der Waals surface area contributed by atoms with Crippen LogP contribution in [0.5, 0.6) is 0 Å². The van der Waals surface area contributed by atoms with Crippen LogP contribution in [0.3, 0.4) is 0 Å². The first-order valence-corrected chi connectivity index (χ1v) is 9.13. The highest BCUT2D eigenvalue weighted by Crippen LogP contribution is 2.34. The van der Waals surface area contributed by atoms with Gasteiger partial charge in [-0.2, -0.15) is 0 Å². The Labute approximate surface area is 148 Å². The SMILES string of the molecule is O[C@H]1Cc2ccccc2[C@H]1NCc1c(Cl)cccc1N1CCCC1. The van der Waals surface area contributed by atoms with Crippen LogP contribution in [0.15, 0.2) is 42.5 Å². The topological polar surface area (TPSA) is 35.5 Å². The lowest BCUT2D eigenvalue weighted by Crippen LogP contribution is -2.29. The molecule has 2 atom stereocenters. The Morgan fingerprint density at radius 2 is 1.88 bits per heavy atom. The summed E-state index contributed by atoms with van der Waals surface area (Å²) in [6, 6.07) is 14.4. The van der Waals surface area contributed by atoms with E-state index in [4.69, 9.17) is 11.6 Å². The van der Waals surface area contributed by atoms with Crippen LogP contribution in [0.1, 0.15) is 35.6 Å². The van der Waals surface area contributed by atoms with E-state index in [0.717, 1.165) is 30.1 Å². The van der Waals surface area contributed by atoms with Gasteiger partial charge in [-0.05, 0) is 36.1 Å². The third-order valence-corrected chi connectivity index (χ3v) is 5.60. The number of aliphatic hydroxyl groups is 1. The monoisotopic (exact) mass is 342 g/mol. The number of nitrogens with one attached hydrogen (secondary N) is 1. The average Bonchev–Trinajstić information content (AvgIpc) is 3.21. The number of halogens is 1. The van der Waals surface area contributed by atoms with Gasteiger partial charge in [-0.1, -0.05) is 41.9 Å². The van der Waals surface area contributed by atoms with Crippen LogP contribution in [0.25, 0.3) is 0 Å². The summed E-state index contributed by atoms with van der Waals surface area (Å²) in [6.45, 7) is 2.87. The van der Waals surface area contributed by atoms with Gasteiger partial charge in [0.1, 0.15) is 0 Å². The molecule has 3 nitrogen and oxygen atoms in total. The molecule has 126 valence electrons. The zero-order chi connectivity index (χ0) is 16.5. The minimum atomic E-state index is -0.375. The van der Waals surface area contributed by atoms with E-state index in [0.29, 0.717) is 6.54 Å². The Bertz CT molecular complexity index is 727. The highest BCUT2D eigenvalue weighted by Gasteiger charge is 2.30. The summed E-state index contributed by atoms with van der Waals surface area (Å²) < 4.78 is 0. The Morgan fingerprint density at radius 1 is 1.08 bits per heavy atom. The number of fused-ring (bicyclic) bond motifs is 1. The van der Waals surface area contributed by atoms with Crippen LogP contribution in [0.2, 0.25) is 5.02 Å². The fraction of sp³-hybridized carbons (Fsp3) is 0.400. The van der Waals surface area contributed by atoms with Gasteiger partial charge < -0.3 is 15.3 Å². The molecule has 0 amide bonds. The molecule has 0 saturated carbocycles. The van der Waals surface area contributed by atoms with E-state index < -0.39 is 0 Å². The van der Waals surface area contributed by atoms with Crippen LogP contribution < -0.4 is 10.2 Å². The first-order valence-electron chi connectivity index (χ1n) is 8.75. The molecule has 1 aliphatic carbocycles. The van der Waals surface area contributed by atoms with E-state index in [2.05, 4.69) is 28.4 Å². The number of rotatable bonds is 4. The number of benzene rings is 2. The van der Waals surface area contributed by atoms with Gasteiger partial charge in [0.2, 0.25) is 0 Å². The van der Waals surface area contributed by atoms with Crippen molar-refractivity contribution < 1.29 is 5.11 Å². The number of aliphatic hydroxyl groups excluding tert-OH is 1. The smallest absolute Gasteiger partial charge is 0.0775 e. The number of hydrogen-bond acceptors (Lipinski definition) is 3. The minimum Gasteiger partial charge on any atom is -0.391 e. The lowest BCUT2D eigenvalue weighted by atomic mass is 10.1. The van der Waals surface area contributed by atoms with E-state index in [1.807, 2.05) is 24.3 Å². The van der Waals surface area contributed by atoms with Crippen LogP contribution in [-0.2, 0) is 13.0 Å². The summed E-state index contributed by atoms with van der Waals surface area (Å²) >= 11 is 6.50. The molecule has 1 heterocycles. The maximum atomic E-state index is 10.4. The summed E-state index contributed by atoms with van der Waals surface area (Å²) in [5.74, 6) is 0. The molecular formula is C20H23ClN2O. The number of anilines is 1. The van der Waals surface area contributed by atoms with E-state index in [1.165, 1.54) is 29.7 Å². The van der Waals surface area contributed by atoms with Crippen molar-refractivity contribution in [2.75, 3.05) is 18.0 Å². The van der Waals surface area contributed by atoms with E-state index in [-0.39, 0.29) is 12.1 Å². The molecule has 0 bridgehead atoms. The summed E-state index contributed by atoms with van der Waals surface area (Å²) in [5, 5.41) is 14.8. The van der Waals surface area contributed by atoms with Crippen molar-refractivity contribution in [1.29, 1.82) is 0 Å². The molecule has 2 aromatic carbocycles.